The van der Waals surface area contributed by atoms with Gasteiger partial charge in [-0.05, 0) is 57.2 Å². The highest BCUT2D eigenvalue weighted by atomic mass is 16.3. The molecule has 0 unspecified atom stereocenters. The van der Waals surface area contributed by atoms with Crippen LogP contribution in [0.4, 0.5) is 5.69 Å². The molecule has 1 aromatic carbocycles. The largest absolute Gasteiger partial charge is 0.463 e. The van der Waals surface area contributed by atoms with Crippen LogP contribution in [0.25, 0.3) is 0 Å². The van der Waals surface area contributed by atoms with Crippen LogP contribution in [-0.4, -0.2) is 24.7 Å². The second kappa shape index (κ2) is 7.45. The molecule has 0 aliphatic rings. The minimum Gasteiger partial charge on any atom is -0.463 e. The van der Waals surface area contributed by atoms with Crippen LogP contribution in [0.15, 0.2) is 52.2 Å². The summed E-state index contributed by atoms with van der Waals surface area (Å²) in [7, 11) is 0. The molecule has 1 amide bonds. The molecule has 0 saturated carbocycles. The Morgan fingerprint density at radius 3 is 2.41 bits per heavy atom. The number of rotatable bonds is 6. The van der Waals surface area contributed by atoms with E-state index in [1.807, 2.05) is 12.1 Å². The third kappa shape index (κ3) is 3.75. The van der Waals surface area contributed by atoms with Gasteiger partial charge in [-0.1, -0.05) is 0 Å². The van der Waals surface area contributed by atoms with Crippen molar-refractivity contribution < 1.29 is 9.21 Å². The number of carbonyl (C=O) groups excluding carboxylic acids is 1. The maximum atomic E-state index is 12.1. The molecule has 0 saturated heterocycles. The first-order valence-electron chi connectivity index (χ1n) is 7.39. The number of hydrazone groups is 1. The van der Waals surface area contributed by atoms with Crippen LogP contribution < -0.4 is 10.3 Å². The summed E-state index contributed by atoms with van der Waals surface area (Å²) in [6.45, 7) is 7.87. The second-order valence-corrected chi connectivity index (χ2v) is 4.83. The summed E-state index contributed by atoms with van der Waals surface area (Å²) < 4.78 is 5.21. The zero-order chi connectivity index (χ0) is 15.9. The molecule has 0 radical (unpaired) electrons. The molecule has 0 spiro atoms. The van der Waals surface area contributed by atoms with E-state index in [1.165, 1.54) is 0 Å². The van der Waals surface area contributed by atoms with Crippen molar-refractivity contribution in [1.82, 2.24) is 5.43 Å². The van der Waals surface area contributed by atoms with Crippen LogP contribution >= 0.6 is 0 Å². The van der Waals surface area contributed by atoms with Crippen LogP contribution in [0.5, 0.6) is 0 Å². The molecule has 1 heterocycles. The van der Waals surface area contributed by atoms with Crippen molar-refractivity contribution in [1.29, 1.82) is 0 Å². The molecule has 2 aromatic rings. The Hall–Kier alpha value is -2.56. The van der Waals surface area contributed by atoms with Crippen LogP contribution in [0.3, 0.4) is 0 Å². The minimum absolute atomic E-state index is 0.239. The fourth-order valence-corrected chi connectivity index (χ4v) is 2.15. The fraction of sp³-hybridized carbons (Fsp3) is 0.294. The molecular formula is C17H21N3O2. The topological polar surface area (TPSA) is 57.8 Å². The second-order valence-electron chi connectivity index (χ2n) is 4.83. The van der Waals surface area contributed by atoms with E-state index < -0.39 is 0 Å². The van der Waals surface area contributed by atoms with E-state index >= 15 is 0 Å². The van der Waals surface area contributed by atoms with Gasteiger partial charge in [0.1, 0.15) is 11.5 Å². The lowest BCUT2D eigenvalue weighted by atomic mass is 10.2. The first-order chi connectivity index (χ1) is 10.7. The molecule has 0 aliphatic carbocycles. The average molecular weight is 299 g/mol. The van der Waals surface area contributed by atoms with E-state index in [0.29, 0.717) is 17.0 Å². The minimum atomic E-state index is -0.239. The number of hydrogen-bond donors (Lipinski definition) is 1. The van der Waals surface area contributed by atoms with Gasteiger partial charge in [0, 0.05) is 24.3 Å². The SMILES string of the molecule is CCN(CC)c1ccc(C(=O)N/N=C(/C)c2ccco2)cc1. The summed E-state index contributed by atoms with van der Waals surface area (Å²) in [5, 5.41) is 4.05. The number of furan rings is 1. The van der Waals surface area contributed by atoms with Crippen molar-refractivity contribution in [2.24, 2.45) is 5.10 Å². The van der Waals surface area contributed by atoms with Gasteiger partial charge >= 0.3 is 0 Å². The maximum absolute atomic E-state index is 12.1. The van der Waals surface area contributed by atoms with E-state index in [0.717, 1.165) is 18.8 Å². The lowest BCUT2D eigenvalue weighted by Crippen LogP contribution is -2.22. The molecule has 0 fully saturated rings. The smallest absolute Gasteiger partial charge is 0.271 e. The number of carbonyl (C=O) groups is 1. The lowest BCUT2D eigenvalue weighted by molar-refractivity contribution is 0.0955. The maximum Gasteiger partial charge on any atom is 0.271 e. The third-order valence-corrected chi connectivity index (χ3v) is 3.46. The monoisotopic (exact) mass is 299 g/mol. The van der Waals surface area contributed by atoms with Crippen molar-refractivity contribution in [2.75, 3.05) is 18.0 Å². The zero-order valence-electron chi connectivity index (χ0n) is 13.2. The van der Waals surface area contributed by atoms with Gasteiger partial charge < -0.3 is 9.32 Å². The Morgan fingerprint density at radius 2 is 1.86 bits per heavy atom. The van der Waals surface area contributed by atoms with E-state index in [-0.39, 0.29) is 5.91 Å². The number of amides is 1. The number of benzene rings is 1. The standard InChI is InChI=1S/C17H21N3O2/c1-4-20(5-2)15-10-8-14(9-11-15)17(21)19-18-13(3)16-7-6-12-22-16/h6-12H,4-5H2,1-3H3,(H,19,21)/b18-13-. The highest BCUT2D eigenvalue weighted by Crippen LogP contribution is 2.14. The van der Waals surface area contributed by atoms with E-state index in [1.54, 1.807) is 37.5 Å². The molecule has 0 aliphatic heterocycles. The molecule has 2 rings (SSSR count). The van der Waals surface area contributed by atoms with Gasteiger partial charge in [-0.25, -0.2) is 5.43 Å². The molecule has 22 heavy (non-hydrogen) atoms. The summed E-state index contributed by atoms with van der Waals surface area (Å²) in [4.78, 5) is 14.3. The molecule has 116 valence electrons. The summed E-state index contributed by atoms with van der Waals surface area (Å²) in [6.07, 6.45) is 1.57. The van der Waals surface area contributed by atoms with Gasteiger partial charge in [-0.15, -0.1) is 0 Å². The average Bonchev–Trinajstić information content (AvgIpc) is 3.08. The Kier molecular flexibility index (Phi) is 5.36. The molecule has 5 heteroatoms. The molecule has 1 aromatic heterocycles. The van der Waals surface area contributed by atoms with Crippen molar-refractivity contribution in [3.63, 3.8) is 0 Å². The summed E-state index contributed by atoms with van der Waals surface area (Å²) >= 11 is 0. The van der Waals surface area contributed by atoms with Crippen LogP contribution in [0, 0.1) is 0 Å². The number of nitrogens with zero attached hydrogens (tertiary/aromatic N) is 2. The molecular weight excluding hydrogens is 278 g/mol. The predicted molar refractivity (Wildman–Crippen MR) is 88.4 cm³/mol. The molecule has 1 N–H and O–H groups in total. The van der Waals surface area contributed by atoms with Crippen molar-refractivity contribution >= 4 is 17.3 Å². The normalized spacial score (nSPS) is 11.3. The van der Waals surface area contributed by atoms with Crippen LogP contribution in [0.1, 0.15) is 36.9 Å². The van der Waals surface area contributed by atoms with Gasteiger partial charge in [-0.3, -0.25) is 4.79 Å². The number of nitrogens with one attached hydrogen (secondary N) is 1. The predicted octanol–water partition coefficient (Wildman–Crippen LogP) is 3.28. The molecule has 0 bridgehead atoms. The highest BCUT2D eigenvalue weighted by molar-refractivity contribution is 5.99. The number of anilines is 1. The van der Waals surface area contributed by atoms with Crippen molar-refractivity contribution in [2.45, 2.75) is 20.8 Å². The molecule has 0 atom stereocenters. The van der Waals surface area contributed by atoms with Gasteiger partial charge in [0.2, 0.25) is 0 Å². The fourth-order valence-electron chi connectivity index (χ4n) is 2.15. The third-order valence-electron chi connectivity index (χ3n) is 3.46. The van der Waals surface area contributed by atoms with Crippen molar-refractivity contribution in [3.05, 3.63) is 54.0 Å². The molecule has 5 nitrogen and oxygen atoms in total. The van der Waals surface area contributed by atoms with E-state index in [9.17, 15) is 4.79 Å². The van der Waals surface area contributed by atoms with E-state index in [4.69, 9.17) is 4.42 Å². The zero-order valence-corrected chi connectivity index (χ0v) is 13.2. The summed E-state index contributed by atoms with van der Waals surface area (Å²) in [5.74, 6) is 0.397. The summed E-state index contributed by atoms with van der Waals surface area (Å²) in [6, 6.07) is 11.1. The lowest BCUT2D eigenvalue weighted by Gasteiger charge is -2.20. The van der Waals surface area contributed by atoms with Crippen LogP contribution in [-0.2, 0) is 0 Å². The van der Waals surface area contributed by atoms with Crippen LogP contribution in [0.2, 0.25) is 0 Å². The van der Waals surface area contributed by atoms with Crippen molar-refractivity contribution in [3.8, 4) is 0 Å². The van der Waals surface area contributed by atoms with Gasteiger partial charge in [0.25, 0.3) is 5.91 Å². The van der Waals surface area contributed by atoms with Gasteiger partial charge in [0.05, 0.1) is 6.26 Å². The first-order valence-corrected chi connectivity index (χ1v) is 7.39. The Bertz CT molecular complexity index is 626. The first kappa shape index (κ1) is 15.8. The van der Waals surface area contributed by atoms with Gasteiger partial charge in [-0.2, -0.15) is 5.10 Å². The number of hydrogen-bond acceptors (Lipinski definition) is 4. The Morgan fingerprint density at radius 1 is 1.18 bits per heavy atom. The van der Waals surface area contributed by atoms with E-state index in [2.05, 4.69) is 29.3 Å². The summed E-state index contributed by atoms with van der Waals surface area (Å²) in [5.41, 5.74) is 4.85. The Balaban J connectivity index is 2.02. The highest BCUT2D eigenvalue weighted by Gasteiger charge is 2.07. The van der Waals surface area contributed by atoms with Gasteiger partial charge in [0.15, 0.2) is 0 Å². The Labute approximate surface area is 130 Å². The quantitative estimate of drug-likeness (QED) is 0.658.